The van der Waals surface area contributed by atoms with Gasteiger partial charge in [0.1, 0.15) is 0 Å². The van der Waals surface area contributed by atoms with E-state index in [-0.39, 0.29) is 17.9 Å². The fraction of sp³-hybridized carbons (Fsp3) is 0.833. The molecule has 0 radical (unpaired) electrons. The van der Waals surface area contributed by atoms with E-state index < -0.39 is 27.8 Å². The van der Waals surface area contributed by atoms with Crippen LogP contribution < -0.4 is 5.73 Å². The van der Waals surface area contributed by atoms with E-state index >= 15 is 0 Å². The van der Waals surface area contributed by atoms with Gasteiger partial charge in [-0.25, -0.2) is 8.42 Å². The first-order valence-corrected chi connectivity index (χ1v) is 5.43. The summed E-state index contributed by atoms with van der Waals surface area (Å²) in [6, 6.07) is -0.749. The van der Waals surface area contributed by atoms with E-state index in [1.807, 2.05) is 0 Å². The smallest absolute Gasteiger partial charge is 0.308 e. The van der Waals surface area contributed by atoms with Crippen LogP contribution in [-0.4, -0.2) is 37.0 Å². The Kier molecular flexibility index (Phi) is 2.39. The van der Waals surface area contributed by atoms with E-state index in [1.54, 1.807) is 0 Å². The van der Waals surface area contributed by atoms with Crippen LogP contribution in [0, 0.1) is 5.92 Å². The van der Waals surface area contributed by atoms with Crippen molar-refractivity contribution in [1.82, 2.24) is 0 Å². The molecule has 0 aromatic carbocycles. The van der Waals surface area contributed by atoms with Gasteiger partial charge in [-0.2, -0.15) is 0 Å². The molecule has 0 spiro atoms. The van der Waals surface area contributed by atoms with Crippen LogP contribution in [0.5, 0.6) is 0 Å². The molecule has 1 saturated heterocycles. The van der Waals surface area contributed by atoms with Gasteiger partial charge in [0.2, 0.25) is 0 Å². The van der Waals surface area contributed by atoms with Crippen molar-refractivity contribution in [2.45, 2.75) is 12.5 Å². The molecule has 1 fully saturated rings. The molecule has 0 aromatic heterocycles. The lowest BCUT2D eigenvalue weighted by atomic mass is 9.99. The van der Waals surface area contributed by atoms with Gasteiger partial charge in [-0.1, -0.05) is 0 Å². The summed E-state index contributed by atoms with van der Waals surface area (Å²) in [7, 11) is -3.09. The molecule has 0 unspecified atom stereocenters. The standard InChI is InChI=1S/C6H11NO4S/c7-5-3-12(10,11)2-1-4(5)6(8)9/h4-5H,1-3,7H2,(H,8,9)/t4-,5-/m0/s1. The molecule has 1 heterocycles. The monoisotopic (exact) mass is 193 g/mol. The zero-order valence-electron chi connectivity index (χ0n) is 6.43. The maximum absolute atomic E-state index is 11.0. The van der Waals surface area contributed by atoms with Gasteiger partial charge in [0.05, 0.1) is 17.4 Å². The second-order valence-corrected chi connectivity index (χ2v) is 5.24. The SMILES string of the molecule is N[C@H]1CS(=O)(=O)CC[C@@H]1C(=O)O. The highest BCUT2D eigenvalue weighted by Crippen LogP contribution is 2.17. The van der Waals surface area contributed by atoms with Gasteiger partial charge < -0.3 is 10.8 Å². The van der Waals surface area contributed by atoms with Crippen molar-refractivity contribution in [3.8, 4) is 0 Å². The van der Waals surface area contributed by atoms with Crippen LogP contribution in [0.3, 0.4) is 0 Å². The maximum Gasteiger partial charge on any atom is 0.308 e. The number of carbonyl (C=O) groups is 1. The van der Waals surface area contributed by atoms with E-state index in [0.29, 0.717) is 0 Å². The lowest BCUT2D eigenvalue weighted by Gasteiger charge is -2.24. The molecular formula is C6H11NO4S. The van der Waals surface area contributed by atoms with Crippen molar-refractivity contribution in [3.63, 3.8) is 0 Å². The first-order chi connectivity index (χ1) is 5.42. The molecule has 0 bridgehead atoms. The Balaban J connectivity index is 2.72. The average molecular weight is 193 g/mol. The molecule has 0 saturated carbocycles. The van der Waals surface area contributed by atoms with E-state index in [0.717, 1.165) is 0 Å². The summed E-state index contributed by atoms with van der Waals surface area (Å²) in [4.78, 5) is 10.5. The van der Waals surface area contributed by atoms with Crippen molar-refractivity contribution in [1.29, 1.82) is 0 Å². The topological polar surface area (TPSA) is 97.5 Å². The second-order valence-electron chi connectivity index (χ2n) is 3.01. The quantitative estimate of drug-likeness (QED) is 0.547. The number of hydrogen-bond donors (Lipinski definition) is 2. The van der Waals surface area contributed by atoms with E-state index in [2.05, 4.69) is 0 Å². The number of hydrogen-bond acceptors (Lipinski definition) is 4. The van der Waals surface area contributed by atoms with Gasteiger partial charge in [0, 0.05) is 6.04 Å². The molecule has 1 aliphatic heterocycles. The fourth-order valence-electron chi connectivity index (χ4n) is 1.32. The summed E-state index contributed by atoms with van der Waals surface area (Å²) in [5.74, 6) is -1.97. The van der Waals surface area contributed by atoms with Crippen LogP contribution in [-0.2, 0) is 14.6 Å². The molecule has 1 rings (SSSR count). The fourth-order valence-corrected chi connectivity index (χ4v) is 2.92. The third kappa shape index (κ3) is 1.95. The second kappa shape index (κ2) is 3.02. The Bertz CT molecular complexity index is 284. The number of carboxylic acids is 1. The Morgan fingerprint density at radius 1 is 1.50 bits per heavy atom. The summed E-state index contributed by atoms with van der Waals surface area (Å²) in [6.07, 6.45) is 0.138. The first-order valence-electron chi connectivity index (χ1n) is 3.61. The lowest BCUT2D eigenvalue weighted by Crippen LogP contribution is -2.46. The predicted molar refractivity (Wildman–Crippen MR) is 42.4 cm³/mol. The minimum atomic E-state index is -3.09. The summed E-state index contributed by atoms with van der Waals surface area (Å²) < 4.78 is 21.9. The number of nitrogens with two attached hydrogens (primary N) is 1. The highest BCUT2D eigenvalue weighted by atomic mass is 32.2. The molecule has 2 atom stereocenters. The van der Waals surface area contributed by atoms with Gasteiger partial charge in [-0.15, -0.1) is 0 Å². The molecule has 70 valence electrons. The number of rotatable bonds is 1. The third-order valence-corrected chi connectivity index (χ3v) is 3.77. The number of carboxylic acid groups (broad SMARTS) is 1. The predicted octanol–water partition coefficient (Wildman–Crippen LogP) is -1.17. The maximum atomic E-state index is 11.0. The van der Waals surface area contributed by atoms with Crippen LogP contribution in [0.2, 0.25) is 0 Å². The number of aliphatic carboxylic acids is 1. The minimum absolute atomic E-state index is 0.0579. The van der Waals surface area contributed by atoms with Gasteiger partial charge in [0.15, 0.2) is 9.84 Å². The zero-order valence-corrected chi connectivity index (χ0v) is 7.25. The Hall–Kier alpha value is -0.620. The molecule has 0 aliphatic carbocycles. The Morgan fingerprint density at radius 3 is 2.50 bits per heavy atom. The van der Waals surface area contributed by atoms with E-state index in [9.17, 15) is 13.2 Å². The summed E-state index contributed by atoms with van der Waals surface area (Å²) in [6.45, 7) is 0. The third-order valence-electron chi connectivity index (χ3n) is 2.02. The van der Waals surface area contributed by atoms with Gasteiger partial charge >= 0.3 is 5.97 Å². The van der Waals surface area contributed by atoms with Crippen molar-refractivity contribution >= 4 is 15.8 Å². The molecule has 5 nitrogen and oxygen atoms in total. The van der Waals surface area contributed by atoms with Crippen molar-refractivity contribution in [2.75, 3.05) is 11.5 Å². The van der Waals surface area contributed by atoms with Crippen molar-refractivity contribution in [2.24, 2.45) is 11.7 Å². The first kappa shape index (κ1) is 9.47. The van der Waals surface area contributed by atoms with Crippen LogP contribution in [0.15, 0.2) is 0 Å². The average Bonchev–Trinajstić information content (AvgIpc) is 1.83. The largest absolute Gasteiger partial charge is 0.481 e. The van der Waals surface area contributed by atoms with Gasteiger partial charge in [-0.05, 0) is 6.42 Å². The summed E-state index contributed by atoms with van der Waals surface area (Å²) >= 11 is 0. The summed E-state index contributed by atoms with van der Waals surface area (Å²) in [5.41, 5.74) is 5.40. The van der Waals surface area contributed by atoms with E-state index in [1.165, 1.54) is 0 Å². The molecule has 6 heteroatoms. The lowest BCUT2D eigenvalue weighted by molar-refractivity contribution is -0.142. The normalized spacial score (nSPS) is 34.4. The zero-order chi connectivity index (χ0) is 9.35. The minimum Gasteiger partial charge on any atom is -0.481 e. The van der Waals surface area contributed by atoms with Crippen LogP contribution in [0.1, 0.15) is 6.42 Å². The van der Waals surface area contributed by atoms with Crippen molar-refractivity contribution in [3.05, 3.63) is 0 Å². The van der Waals surface area contributed by atoms with Gasteiger partial charge in [-0.3, -0.25) is 4.79 Å². The molecule has 12 heavy (non-hydrogen) atoms. The van der Waals surface area contributed by atoms with E-state index in [4.69, 9.17) is 10.8 Å². The highest BCUT2D eigenvalue weighted by molar-refractivity contribution is 7.91. The van der Waals surface area contributed by atoms with Crippen molar-refractivity contribution < 1.29 is 18.3 Å². The molecule has 0 aromatic rings. The van der Waals surface area contributed by atoms with Crippen LogP contribution >= 0.6 is 0 Å². The Morgan fingerprint density at radius 2 is 2.08 bits per heavy atom. The molecule has 3 N–H and O–H groups in total. The molecule has 1 aliphatic rings. The van der Waals surface area contributed by atoms with Crippen LogP contribution in [0.4, 0.5) is 0 Å². The van der Waals surface area contributed by atoms with Gasteiger partial charge in [0.25, 0.3) is 0 Å². The molecular weight excluding hydrogens is 182 g/mol. The summed E-state index contributed by atoms with van der Waals surface area (Å²) in [5, 5.41) is 8.60. The number of sulfone groups is 1. The molecule has 0 amide bonds. The highest BCUT2D eigenvalue weighted by Gasteiger charge is 2.34. The Labute approximate surface area is 70.5 Å². The van der Waals surface area contributed by atoms with Crippen LogP contribution in [0.25, 0.3) is 0 Å².